The average molecular weight is 630 g/mol. The van der Waals surface area contributed by atoms with Crippen LogP contribution in [-0.4, -0.2) is 17.0 Å². The van der Waals surface area contributed by atoms with Gasteiger partial charge < -0.3 is 5.11 Å². The Labute approximate surface area is 263 Å². The van der Waals surface area contributed by atoms with E-state index >= 15 is 0 Å². The monoisotopic (exact) mass is 629 g/mol. The van der Waals surface area contributed by atoms with E-state index in [2.05, 4.69) is 15.9 Å². The van der Waals surface area contributed by atoms with Crippen LogP contribution in [-0.2, 0) is 0 Å². The zero-order valence-electron chi connectivity index (χ0n) is 27.7. The van der Waals surface area contributed by atoms with Crippen molar-refractivity contribution in [2.45, 2.75) is 231 Å². The van der Waals surface area contributed by atoms with Crippen LogP contribution in [0.5, 0.6) is 0 Å². The normalized spacial score (nSPS) is 11.6. The quantitative estimate of drug-likeness (QED) is 0.0535. The molecule has 0 rings (SSSR count). The van der Waals surface area contributed by atoms with E-state index in [1.807, 2.05) is 0 Å². The predicted octanol–water partition coefficient (Wildman–Crippen LogP) is 14.4. The molecule has 0 heterocycles. The highest BCUT2D eigenvalue weighted by molar-refractivity contribution is 9.09. The number of alkyl halides is 1. The van der Waals surface area contributed by atoms with Crippen LogP contribution in [0.3, 0.4) is 0 Å². The SMILES string of the molecule is OCCCCCCCCCCCCCCCCCCCCCCCCCCCCCCCCCCCCCCBr. The third-order valence-electron chi connectivity index (χ3n) is 9.04. The van der Waals surface area contributed by atoms with Crippen LogP contribution in [0.4, 0.5) is 0 Å². The first-order chi connectivity index (χ1) is 19.9. The summed E-state index contributed by atoms with van der Waals surface area (Å²) >= 11 is 3.52. The summed E-state index contributed by atoms with van der Waals surface area (Å²) in [4.78, 5) is 0. The summed E-state index contributed by atoms with van der Waals surface area (Å²) in [6.07, 6.45) is 51.9. The molecule has 0 unspecified atom stereocenters. The lowest BCUT2D eigenvalue weighted by molar-refractivity contribution is 0.282. The number of unbranched alkanes of at least 4 members (excludes halogenated alkanes) is 35. The summed E-state index contributed by atoms with van der Waals surface area (Å²) < 4.78 is 0. The Bertz CT molecular complexity index is 374. The maximum Gasteiger partial charge on any atom is 0.0431 e. The Kier molecular flexibility index (Phi) is 39.9. The summed E-state index contributed by atoms with van der Waals surface area (Å²) in [6, 6.07) is 0. The topological polar surface area (TPSA) is 20.2 Å². The van der Waals surface area contributed by atoms with Gasteiger partial charge in [-0.15, -0.1) is 0 Å². The number of aliphatic hydroxyl groups is 1. The molecule has 0 spiro atoms. The lowest BCUT2D eigenvalue weighted by Gasteiger charge is -2.05. The molecule has 0 amide bonds. The fourth-order valence-corrected chi connectivity index (χ4v) is 6.61. The van der Waals surface area contributed by atoms with Crippen LogP contribution >= 0.6 is 15.9 Å². The standard InChI is InChI=1S/C38H77BrO/c39-37-35-33-31-29-27-25-23-21-19-17-15-13-11-9-7-5-3-1-2-4-6-8-10-12-14-16-18-20-22-24-26-28-30-32-34-36-38-40/h40H,1-38H2. The molecule has 2 heteroatoms. The molecule has 0 aromatic heterocycles. The molecule has 0 bridgehead atoms. The maximum absolute atomic E-state index is 8.79. The molecule has 0 aromatic carbocycles. The molecule has 0 aliphatic heterocycles. The van der Waals surface area contributed by atoms with Gasteiger partial charge in [0.25, 0.3) is 0 Å². The Balaban J connectivity index is 3.01. The Morgan fingerprint density at radius 2 is 0.325 bits per heavy atom. The summed E-state index contributed by atoms with van der Waals surface area (Å²) in [6.45, 7) is 0.374. The van der Waals surface area contributed by atoms with Crippen molar-refractivity contribution in [2.24, 2.45) is 0 Å². The molecular formula is C38H77BrO. The third-order valence-corrected chi connectivity index (χ3v) is 9.60. The van der Waals surface area contributed by atoms with E-state index in [9.17, 15) is 0 Å². The van der Waals surface area contributed by atoms with Crippen molar-refractivity contribution in [1.82, 2.24) is 0 Å². The number of hydrogen-bond acceptors (Lipinski definition) is 1. The largest absolute Gasteiger partial charge is 0.396 e. The molecule has 0 aromatic rings. The minimum Gasteiger partial charge on any atom is -0.396 e. The Morgan fingerprint density at radius 3 is 0.450 bits per heavy atom. The maximum atomic E-state index is 8.79. The van der Waals surface area contributed by atoms with Gasteiger partial charge in [-0.1, -0.05) is 234 Å². The van der Waals surface area contributed by atoms with Gasteiger partial charge in [-0.05, 0) is 12.8 Å². The molecule has 0 aliphatic carbocycles. The van der Waals surface area contributed by atoms with Crippen molar-refractivity contribution in [1.29, 1.82) is 0 Å². The van der Waals surface area contributed by atoms with E-state index in [0.717, 1.165) is 6.42 Å². The zero-order valence-corrected chi connectivity index (χ0v) is 29.3. The van der Waals surface area contributed by atoms with Crippen LogP contribution in [0.1, 0.15) is 231 Å². The van der Waals surface area contributed by atoms with Gasteiger partial charge in [-0.3, -0.25) is 0 Å². The van der Waals surface area contributed by atoms with Crippen LogP contribution < -0.4 is 0 Å². The van der Waals surface area contributed by atoms with Crippen molar-refractivity contribution < 1.29 is 5.11 Å². The second-order valence-corrected chi connectivity index (χ2v) is 13.9. The average Bonchev–Trinajstić information content (AvgIpc) is 2.97. The van der Waals surface area contributed by atoms with E-state index < -0.39 is 0 Å². The van der Waals surface area contributed by atoms with Gasteiger partial charge in [0, 0.05) is 11.9 Å². The highest BCUT2D eigenvalue weighted by Crippen LogP contribution is 2.17. The van der Waals surface area contributed by atoms with Crippen molar-refractivity contribution in [3.63, 3.8) is 0 Å². The van der Waals surface area contributed by atoms with Gasteiger partial charge >= 0.3 is 0 Å². The van der Waals surface area contributed by atoms with E-state index in [0.29, 0.717) is 6.61 Å². The van der Waals surface area contributed by atoms with Crippen LogP contribution in [0, 0.1) is 0 Å². The second kappa shape index (κ2) is 39.4. The summed E-state index contributed by atoms with van der Waals surface area (Å²) in [7, 11) is 0. The highest BCUT2D eigenvalue weighted by atomic mass is 79.9. The molecular weight excluding hydrogens is 552 g/mol. The van der Waals surface area contributed by atoms with Gasteiger partial charge in [-0.25, -0.2) is 0 Å². The summed E-state index contributed by atoms with van der Waals surface area (Å²) in [5.74, 6) is 0. The minimum atomic E-state index is 0.374. The fourth-order valence-electron chi connectivity index (χ4n) is 6.22. The lowest BCUT2D eigenvalue weighted by atomic mass is 10.0. The highest BCUT2D eigenvalue weighted by Gasteiger charge is 1.97. The van der Waals surface area contributed by atoms with Crippen LogP contribution in [0.25, 0.3) is 0 Å². The van der Waals surface area contributed by atoms with Crippen molar-refractivity contribution in [2.75, 3.05) is 11.9 Å². The first kappa shape index (κ1) is 40.4. The molecule has 0 atom stereocenters. The van der Waals surface area contributed by atoms with Gasteiger partial charge in [0.1, 0.15) is 0 Å². The van der Waals surface area contributed by atoms with Crippen LogP contribution in [0.2, 0.25) is 0 Å². The van der Waals surface area contributed by atoms with Crippen molar-refractivity contribution in [3.05, 3.63) is 0 Å². The molecule has 0 saturated heterocycles. The second-order valence-electron chi connectivity index (χ2n) is 13.1. The van der Waals surface area contributed by atoms with E-state index in [4.69, 9.17) is 5.11 Å². The fraction of sp³-hybridized carbons (Fsp3) is 1.00. The van der Waals surface area contributed by atoms with Gasteiger partial charge in [-0.2, -0.15) is 0 Å². The molecule has 0 aliphatic rings. The zero-order chi connectivity index (χ0) is 28.9. The third kappa shape index (κ3) is 38.4. The molecule has 242 valence electrons. The smallest absolute Gasteiger partial charge is 0.0431 e. The van der Waals surface area contributed by atoms with Crippen molar-refractivity contribution >= 4 is 15.9 Å². The molecule has 1 nitrogen and oxygen atoms in total. The van der Waals surface area contributed by atoms with Crippen LogP contribution in [0.15, 0.2) is 0 Å². The number of rotatable bonds is 37. The van der Waals surface area contributed by atoms with Crippen molar-refractivity contribution in [3.8, 4) is 0 Å². The van der Waals surface area contributed by atoms with E-state index in [1.54, 1.807) is 0 Å². The Hall–Kier alpha value is 0.440. The number of aliphatic hydroxyl groups excluding tert-OH is 1. The summed E-state index contributed by atoms with van der Waals surface area (Å²) in [5, 5.41) is 9.97. The molecule has 0 saturated carbocycles. The Morgan fingerprint density at radius 1 is 0.200 bits per heavy atom. The lowest BCUT2D eigenvalue weighted by Crippen LogP contribution is -1.85. The predicted molar refractivity (Wildman–Crippen MR) is 187 cm³/mol. The molecule has 0 radical (unpaired) electrons. The number of halogens is 1. The molecule has 1 N–H and O–H groups in total. The minimum absolute atomic E-state index is 0.374. The molecule has 0 fully saturated rings. The van der Waals surface area contributed by atoms with Gasteiger partial charge in [0.05, 0.1) is 0 Å². The van der Waals surface area contributed by atoms with Gasteiger partial charge in [0.2, 0.25) is 0 Å². The molecule has 40 heavy (non-hydrogen) atoms. The first-order valence-electron chi connectivity index (χ1n) is 19.1. The number of hydrogen-bond donors (Lipinski definition) is 1. The van der Waals surface area contributed by atoms with Gasteiger partial charge in [0.15, 0.2) is 0 Å². The first-order valence-corrected chi connectivity index (χ1v) is 20.2. The van der Waals surface area contributed by atoms with E-state index in [1.165, 1.54) is 230 Å². The summed E-state index contributed by atoms with van der Waals surface area (Å²) in [5.41, 5.74) is 0. The van der Waals surface area contributed by atoms with E-state index in [-0.39, 0.29) is 0 Å².